The Morgan fingerprint density at radius 3 is 1.80 bits per heavy atom. The van der Waals surface area contributed by atoms with E-state index in [9.17, 15) is 33.4 Å². The van der Waals surface area contributed by atoms with Gasteiger partial charge in [0.25, 0.3) is 11.4 Å². The fourth-order valence-corrected chi connectivity index (χ4v) is 3.96. The third kappa shape index (κ3) is 5.90. The lowest BCUT2D eigenvalue weighted by molar-refractivity contribution is -0.384. The van der Waals surface area contributed by atoms with Gasteiger partial charge in [0.1, 0.15) is 0 Å². The van der Waals surface area contributed by atoms with Gasteiger partial charge < -0.3 is 5.73 Å². The van der Waals surface area contributed by atoms with Crippen LogP contribution in [0.25, 0.3) is 32.7 Å². The van der Waals surface area contributed by atoms with Crippen LogP contribution in [0.2, 0.25) is 0 Å². The highest BCUT2D eigenvalue weighted by Crippen LogP contribution is 2.23. The number of aromatic amines is 1. The normalized spacial score (nSPS) is 10.8. The van der Waals surface area contributed by atoms with Gasteiger partial charge in [0, 0.05) is 43.0 Å². The van der Waals surface area contributed by atoms with E-state index in [2.05, 4.69) is 20.4 Å². The van der Waals surface area contributed by atoms with Gasteiger partial charge in [-0.05, 0) is 44.2 Å². The van der Waals surface area contributed by atoms with Gasteiger partial charge in [0.15, 0.2) is 0 Å². The molecular weight excluding hydrogens is 547 g/mol. The summed E-state index contributed by atoms with van der Waals surface area (Å²) in [6.45, 7) is 4.93. The van der Waals surface area contributed by atoms with Gasteiger partial charge in [0.05, 0.1) is 42.6 Å². The molecule has 0 bridgehead atoms. The molecule has 3 heterocycles. The molecule has 3 N–H and O–H groups in total. The van der Waals surface area contributed by atoms with Crippen molar-refractivity contribution in [2.45, 2.75) is 26.9 Å². The Morgan fingerprint density at radius 2 is 1.27 bits per heavy atom. The highest BCUT2D eigenvalue weighted by molar-refractivity contribution is 5.83. The number of aromatic nitrogens is 6. The molecule has 0 radical (unpaired) electrons. The first-order valence-corrected chi connectivity index (χ1v) is 12.0. The largest absolute Gasteiger partial charge is 0.399 e. The van der Waals surface area contributed by atoms with Crippen LogP contribution in [-0.2, 0) is 13.1 Å². The molecule has 0 saturated heterocycles. The van der Waals surface area contributed by atoms with E-state index in [1.165, 1.54) is 35.0 Å². The Morgan fingerprint density at radius 1 is 0.780 bits per heavy atom. The van der Waals surface area contributed by atoms with Gasteiger partial charge in [-0.3, -0.25) is 34.7 Å². The third-order valence-electron chi connectivity index (χ3n) is 5.93. The molecule has 41 heavy (non-hydrogen) atoms. The van der Waals surface area contributed by atoms with Gasteiger partial charge >= 0.3 is 0 Å². The maximum Gasteiger partial charge on any atom is 0.270 e. The van der Waals surface area contributed by atoms with Crippen LogP contribution in [0.3, 0.4) is 0 Å². The summed E-state index contributed by atoms with van der Waals surface area (Å²) in [6.07, 6.45) is 0. The van der Waals surface area contributed by atoms with Crippen LogP contribution in [-0.4, -0.2) is 39.6 Å². The summed E-state index contributed by atoms with van der Waals surface area (Å²) < 4.78 is 42.4. The molecule has 0 aliphatic carbocycles. The molecule has 0 unspecified atom stereocenters. The fourth-order valence-electron chi connectivity index (χ4n) is 3.96. The summed E-state index contributed by atoms with van der Waals surface area (Å²) in [4.78, 5) is 19.7. The predicted molar refractivity (Wildman–Crippen MR) is 145 cm³/mol. The summed E-state index contributed by atoms with van der Waals surface area (Å²) in [5.41, 5.74) is 7.56. The standard InChI is InChI=1S/C9H8FN3O2.C9H10FN3.C7H4FN3O2/c1-2-12-8-4-3-6(13(14)15)5-7(8)9(10)11-12;1-2-13-8-4-3-6(11)5-7(8)9(10)12-13;8-7-5-3-4(11(12)13)1-2-6(5)9-10-7/h3-5H,2H2,1H3;3-5H,2,11H2,1H3;1-3H,(H,9,10). The lowest BCUT2D eigenvalue weighted by Crippen LogP contribution is -1.95. The monoisotopic (exact) mass is 569 g/mol. The average Bonchev–Trinajstić information content (AvgIpc) is 3.61. The number of benzene rings is 3. The van der Waals surface area contributed by atoms with Crippen LogP contribution < -0.4 is 5.73 Å². The number of nitrogens with one attached hydrogen (secondary N) is 1. The van der Waals surface area contributed by atoms with Gasteiger partial charge in [-0.1, -0.05) is 0 Å². The maximum absolute atomic E-state index is 13.3. The quantitative estimate of drug-likeness (QED) is 0.159. The molecule has 0 aliphatic heterocycles. The van der Waals surface area contributed by atoms with E-state index < -0.39 is 27.7 Å². The number of rotatable bonds is 4. The molecule has 0 fully saturated rings. The number of hydrogen-bond acceptors (Lipinski definition) is 8. The number of nitrogens with zero attached hydrogens (tertiary/aromatic N) is 7. The topological polar surface area (TPSA) is 177 Å². The molecule has 0 amide bonds. The van der Waals surface area contributed by atoms with E-state index in [0.717, 1.165) is 11.6 Å². The van der Waals surface area contributed by atoms with Gasteiger partial charge in [0.2, 0.25) is 17.8 Å². The Labute approximate surface area is 228 Å². The molecular formula is C25H22F3N9O4. The smallest absolute Gasteiger partial charge is 0.270 e. The number of aryl methyl sites for hydroxylation is 2. The zero-order valence-electron chi connectivity index (χ0n) is 21.6. The lowest BCUT2D eigenvalue weighted by atomic mass is 10.2. The van der Waals surface area contributed by atoms with Crippen molar-refractivity contribution in [3.8, 4) is 0 Å². The Hall–Kier alpha value is -5.54. The van der Waals surface area contributed by atoms with Crippen molar-refractivity contribution in [3.63, 3.8) is 0 Å². The van der Waals surface area contributed by atoms with Crippen molar-refractivity contribution in [2.75, 3.05) is 5.73 Å². The molecule has 6 rings (SSSR count). The molecule has 16 heteroatoms. The van der Waals surface area contributed by atoms with E-state index in [4.69, 9.17) is 5.73 Å². The Bertz CT molecular complexity index is 1900. The molecule has 0 atom stereocenters. The van der Waals surface area contributed by atoms with Crippen LogP contribution in [0.1, 0.15) is 13.8 Å². The molecule has 0 aliphatic rings. The molecule has 3 aromatic carbocycles. The van der Waals surface area contributed by atoms with Crippen molar-refractivity contribution in [1.82, 2.24) is 29.8 Å². The highest BCUT2D eigenvalue weighted by atomic mass is 19.1. The zero-order chi connectivity index (χ0) is 29.8. The predicted octanol–water partition coefficient (Wildman–Crippen LogP) is 5.49. The van der Waals surface area contributed by atoms with Crippen LogP contribution in [0.15, 0.2) is 54.6 Å². The minimum absolute atomic E-state index is 0.128. The van der Waals surface area contributed by atoms with Crippen LogP contribution in [0.5, 0.6) is 0 Å². The number of nitrogen functional groups attached to an aromatic ring is 1. The zero-order valence-corrected chi connectivity index (χ0v) is 21.6. The number of halogens is 3. The minimum atomic E-state index is -0.671. The molecule has 13 nitrogen and oxygen atoms in total. The Balaban J connectivity index is 0.000000142. The van der Waals surface area contributed by atoms with Crippen molar-refractivity contribution in [1.29, 1.82) is 0 Å². The second-order valence-electron chi connectivity index (χ2n) is 8.44. The molecule has 212 valence electrons. The summed E-state index contributed by atoms with van der Waals surface area (Å²) in [5, 5.41) is 34.7. The van der Waals surface area contributed by atoms with Crippen LogP contribution in [0.4, 0.5) is 30.2 Å². The first-order chi connectivity index (χ1) is 19.5. The van der Waals surface area contributed by atoms with E-state index in [-0.39, 0.29) is 22.1 Å². The summed E-state index contributed by atoms with van der Waals surface area (Å²) >= 11 is 0. The van der Waals surface area contributed by atoms with E-state index in [0.29, 0.717) is 35.2 Å². The number of H-pyrrole nitrogens is 1. The minimum Gasteiger partial charge on any atom is -0.399 e. The van der Waals surface area contributed by atoms with E-state index >= 15 is 0 Å². The number of nitro benzene ring substituents is 2. The van der Waals surface area contributed by atoms with E-state index in [1.807, 2.05) is 13.8 Å². The van der Waals surface area contributed by atoms with Crippen LogP contribution >= 0.6 is 0 Å². The average molecular weight is 570 g/mol. The molecule has 3 aromatic heterocycles. The van der Waals surface area contributed by atoms with Crippen molar-refractivity contribution in [3.05, 3.63) is 92.7 Å². The maximum atomic E-state index is 13.3. The number of nitrogens with two attached hydrogens (primary N) is 1. The van der Waals surface area contributed by atoms with Crippen molar-refractivity contribution >= 4 is 49.8 Å². The lowest BCUT2D eigenvalue weighted by Gasteiger charge is -1.97. The van der Waals surface area contributed by atoms with Crippen molar-refractivity contribution in [2.24, 2.45) is 0 Å². The van der Waals surface area contributed by atoms with Gasteiger partial charge in [-0.15, -0.1) is 10.2 Å². The second-order valence-corrected chi connectivity index (χ2v) is 8.44. The summed E-state index contributed by atoms with van der Waals surface area (Å²) in [7, 11) is 0. The number of non-ortho nitro benzene ring substituents is 2. The Kier molecular flexibility index (Phi) is 8.11. The number of fused-ring (bicyclic) bond motifs is 3. The number of nitro groups is 2. The summed E-state index contributed by atoms with van der Waals surface area (Å²) in [6, 6.07) is 13.0. The first kappa shape index (κ1) is 28.5. The van der Waals surface area contributed by atoms with E-state index in [1.54, 1.807) is 22.9 Å². The fraction of sp³-hybridized carbons (Fsp3) is 0.160. The van der Waals surface area contributed by atoms with Gasteiger partial charge in [-0.25, -0.2) is 0 Å². The molecule has 0 spiro atoms. The van der Waals surface area contributed by atoms with Crippen molar-refractivity contribution < 1.29 is 23.0 Å². The van der Waals surface area contributed by atoms with Gasteiger partial charge in [-0.2, -0.15) is 18.3 Å². The first-order valence-electron chi connectivity index (χ1n) is 12.0. The number of hydrogen-bond donors (Lipinski definition) is 2. The number of anilines is 1. The highest BCUT2D eigenvalue weighted by Gasteiger charge is 2.14. The third-order valence-corrected chi connectivity index (χ3v) is 5.93. The SMILES string of the molecule is CCn1nc(F)c2cc(N)ccc21.CCn1nc(F)c2cc([N+](=O)[O-])ccc21.O=[N+]([O-])c1ccc2n[nH]c(F)c2c1. The van der Waals surface area contributed by atoms with Crippen LogP contribution in [0, 0.1) is 38.1 Å². The molecule has 6 aromatic rings. The second kappa shape index (κ2) is 11.7. The summed E-state index contributed by atoms with van der Waals surface area (Å²) in [5.74, 6) is -1.78. The molecule has 0 saturated carbocycles.